The SMILES string of the molecule is CNc1nc(NCCC(C)S(C)=O)c2cn[nH]c2n1. The van der Waals surface area contributed by atoms with Crippen molar-refractivity contribution in [3.63, 3.8) is 0 Å². The van der Waals surface area contributed by atoms with E-state index in [0.717, 1.165) is 17.6 Å². The lowest BCUT2D eigenvalue weighted by Gasteiger charge is -2.11. The van der Waals surface area contributed by atoms with Gasteiger partial charge >= 0.3 is 0 Å². The van der Waals surface area contributed by atoms with E-state index in [4.69, 9.17) is 0 Å². The Morgan fingerprint density at radius 1 is 1.47 bits per heavy atom. The lowest BCUT2D eigenvalue weighted by atomic mass is 10.3. The molecule has 0 saturated heterocycles. The van der Waals surface area contributed by atoms with Crippen molar-refractivity contribution in [2.75, 3.05) is 30.5 Å². The van der Waals surface area contributed by atoms with Gasteiger partial charge < -0.3 is 10.6 Å². The average Bonchev–Trinajstić information content (AvgIpc) is 2.86. The van der Waals surface area contributed by atoms with E-state index in [0.29, 0.717) is 18.1 Å². The number of hydrogen-bond acceptors (Lipinski definition) is 6. The number of hydrogen-bond donors (Lipinski definition) is 3. The van der Waals surface area contributed by atoms with Gasteiger partial charge in [-0.3, -0.25) is 9.31 Å². The molecule has 0 radical (unpaired) electrons. The topological polar surface area (TPSA) is 95.6 Å². The van der Waals surface area contributed by atoms with Crippen LogP contribution in [0.25, 0.3) is 11.0 Å². The molecule has 7 nitrogen and oxygen atoms in total. The third-order valence-corrected chi connectivity index (χ3v) is 4.31. The summed E-state index contributed by atoms with van der Waals surface area (Å²) in [6.07, 6.45) is 4.24. The molecular formula is C11H18N6OS. The summed E-state index contributed by atoms with van der Waals surface area (Å²) in [5, 5.41) is 14.0. The maximum absolute atomic E-state index is 11.3. The number of aromatic nitrogens is 4. The number of nitrogens with one attached hydrogen (secondary N) is 3. The highest BCUT2D eigenvalue weighted by Crippen LogP contribution is 2.19. The number of rotatable bonds is 6. The molecule has 0 aliphatic carbocycles. The third-order valence-electron chi connectivity index (χ3n) is 2.94. The quantitative estimate of drug-likeness (QED) is 0.730. The zero-order valence-corrected chi connectivity index (χ0v) is 12.0. The van der Waals surface area contributed by atoms with Crippen molar-refractivity contribution in [3.05, 3.63) is 6.20 Å². The van der Waals surface area contributed by atoms with Gasteiger partial charge in [0.15, 0.2) is 5.65 Å². The Bertz CT molecular complexity index is 584. The molecule has 3 N–H and O–H groups in total. The molecule has 104 valence electrons. The van der Waals surface area contributed by atoms with Gasteiger partial charge in [0.05, 0.1) is 11.6 Å². The summed E-state index contributed by atoms with van der Waals surface area (Å²) in [7, 11) is 0.970. The van der Waals surface area contributed by atoms with Crippen LogP contribution in [-0.4, -0.2) is 49.5 Å². The minimum atomic E-state index is -0.797. The second kappa shape index (κ2) is 5.96. The molecule has 0 amide bonds. The summed E-state index contributed by atoms with van der Waals surface area (Å²) in [6.45, 7) is 2.69. The smallest absolute Gasteiger partial charge is 0.226 e. The number of anilines is 2. The van der Waals surface area contributed by atoms with Crippen LogP contribution in [0.1, 0.15) is 13.3 Å². The lowest BCUT2D eigenvalue weighted by molar-refractivity contribution is 0.672. The van der Waals surface area contributed by atoms with Gasteiger partial charge in [0.25, 0.3) is 0 Å². The van der Waals surface area contributed by atoms with Gasteiger partial charge in [0.2, 0.25) is 5.95 Å². The van der Waals surface area contributed by atoms with Crippen LogP contribution in [0, 0.1) is 0 Å². The predicted octanol–water partition coefficient (Wildman–Crippen LogP) is 0.964. The minimum absolute atomic E-state index is 0.165. The third kappa shape index (κ3) is 3.19. The Kier molecular flexibility index (Phi) is 4.31. The predicted molar refractivity (Wildman–Crippen MR) is 77.9 cm³/mol. The first-order valence-electron chi connectivity index (χ1n) is 6.06. The molecule has 2 rings (SSSR count). The van der Waals surface area contributed by atoms with Crippen molar-refractivity contribution in [1.82, 2.24) is 20.2 Å². The lowest BCUT2D eigenvalue weighted by Crippen LogP contribution is -2.15. The Morgan fingerprint density at radius 3 is 2.95 bits per heavy atom. The molecule has 2 aromatic heterocycles. The minimum Gasteiger partial charge on any atom is -0.369 e. The Balaban J connectivity index is 2.11. The van der Waals surface area contributed by atoms with Crippen LogP contribution in [0.2, 0.25) is 0 Å². The van der Waals surface area contributed by atoms with Crippen LogP contribution in [0.3, 0.4) is 0 Å². The summed E-state index contributed by atoms with van der Waals surface area (Å²) in [4.78, 5) is 8.62. The highest BCUT2D eigenvalue weighted by Gasteiger charge is 2.10. The molecule has 2 aromatic rings. The summed E-state index contributed by atoms with van der Waals surface area (Å²) >= 11 is 0. The van der Waals surface area contributed by atoms with Crippen LogP contribution < -0.4 is 10.6 Å². The summed E-state index contributed by atoms with van der Waals surface area (Å²) in [5.74, 6) is 1.27. The van der Waals surface area contributed by atoms with Crippen molar-refractivity contribution in [2.45, 2.75) is 18.6 Å². The van der Waals surface area contributed by atoms with Crippen molar-refractivity contribution >= 4 is 33.6 Å². The van der Waals surface area contributed by atoms with Gasteiger partial charge in [-0.1, -0.05) is 6.92 Å². The summed E-state index contributed by atoms with van der Waals surface area (Å²) in [6, 6.07) is 0. The largest absolute Gasteiger partial charge is 0.369 e. The molecule has 2 heterocycles. The van der Waals surface area contributed by atoms with Gasteiger partial charge in [0, 0.05) is 35.9 Å². The fourth-order valence-electron chi connectivity index (χ4n) is 1.64. The normalized spacial score (nSPS) is 14.3. The van der Waals surface area contributed by atoms with Crippen LogP contribution in [0.5, 0.6) is 0 Å². The number of aromatic amines is 1. The maximum atomic E-state index is 11.3. The van der Waals surface area contributed by atoms with E-state index >= 15 is 0 Å². The van der Waals surface area contributed by atoms with Crippen molar-refractivity contribution < 1.29 is 4.21 Å². The second-order valence-electron chi connectivity index (χ2n) is 4.30. The van der Waals surface area contributed by atoms with E-state index in [1.165, 1.54) is 0 Å². The molecule has 2 atom stereocenters. The van der Waals surface area contributed by atoms with Gasteiger partial charge in [-0.2, -0.15) is 15.1 Å². The highest BCUT2D eigenvalue weighted by molar-refractivity contribution is 7.84. The van der Waals surface area contributed by atoms with E-state index in [1.807, 2.05) is 6.92 Å². The molecule has 0 aliphatic heterocycles. The molecular weight excluding hydrogens is 264 g/mol. The van der Waals surface area contributed by atoms with Gasteiger partial charge in [-0.25, -0.2) is 0 Å². The molecule has 0 saturated carbocycles. The van der Waals surface area contributed by atoms with Gasteiger partial charge in [-0.05, 0) is 6.42 Å². The van der Waals surface area contributed by atoms with Gasteiger partial charge in [0.1, 0.15) is 5.82 Å². The van der Waals surface area contributed by atoms with E-state index < -0.39 is 10.8 Å². The number of nitrogens with zero attached hydrogens (tertiary/aromatic N) is 3. The fourth-order valence-corrected chi connectivity index (χ4v) is 2.09. The van der Waals surface area contributed by atoms with Crippen LogP contribution in [0.15, 0.2) is 6.20 Å². The van der Waals surface area contributed by atoms with E-state index in [-0.39, 0.29) is 5.25 Å². The highest BCUT2D eigenvalue weighted by atomic mass is 32.2. The van der Waals surface area contributed by atoms with Crippen LogP contribution in [-0.2, 0) is 10.8 Å². The molecule has 0 fully saturated rings. The van der Waals surface area contributed by atoms with Crippen molar-refractivity contribution in [1.29, 1.82) is 0 Å². The monoisotopic (exact) mass is 282 g/mol. The van der Waals surface area contributed by atoms with Gasteiger partial charge in [-0.15, -0.1) is 0 Å². The van der Waals surface area contributed by atoms with Crippen LogP contribution >= 0.6 is 0 Å². The van der Waals surface area contributed by atoms with E-state index in [9.17, 15) is 4.21 Å². The molecule has 2 unspecified atom stereocenters. The Morgan fingerprint density at radius 2 is 2.26 bits per heavy atom. The molecule has 8 heteroatoms. The fraction of sp³-hybridized carbons (Fsp3) is 0.545. The standard InChI is InChI=1S/C11H18N6OS/c1-7(19(3)18)4-5-13-9-8-6-14-17-10(8)16-11(12-2)15-9/h6-7H,4-5H2,1-3H3,(H3,12,13,14,15,16,17). The molecule has 19 heavy (non-hydrogen) atoms. The summed E-state index contributed by atoms with van der Waals surface area (Å²) in [5.41, 5.74) is 0.689. The summed E-state index contributed by atoms with van der Waals surface area (Å²) < 4.78 is 11.3. The molecule has 0 spiro atoms. The first-order valence-corrected chi connectivity index (χ1v) is 7.69. The van der Waals surface area contributed by atoms with Crippen molar-refractivity contribution in [2.24, 2.45) is 0 Å². The first kappa shape index (κ1) is 13.7. The first-order chi connectivity index (χ1) is 9.11. The molecule has 0 aromatic carbocycles. The van der Waals surface area contributed by atoms with Crippen molar-refractivity contribution in [3.8, 4) is 0 Å². The van der Waals surface area contributed by atoms with E-state index in [1.54, 1.807) is 19.5 Å². The number of H-pyrrole nitrogens is 1. The maximum Gasteiger partial charge on any atom is 0.226 e. The zero-order chi connectivity index (χ0) is 13.8. The molecule has 0 aliphatic rings. The van der Waals surface area contributed by atoms with Crippen LogP contribution in [0.4, 0.5) is 11.8 Å². The Labute approximate surface area is 114 Å². The average molecular weight is 282 g/mol. The zero-order valence-electron chi connectivity index (χ0n) is 11.2. The second-order valence-corrected chi connectivity index (χ2v) is 6.10. The molecule has 0 bridgehead atoms. The number of fused-ring (bicyclic) bond motifs is 1. The Hall–Kier alpha value is -1.70. The van der Waals surface area contributed by atoms with E-state index in [2.05, 4.69) is 30.8 Å².